The molecular formula is C21H12ClF3N5O3S2+. The predicted molar refractivity (Wildman–Crippen MR) is 123 cm³/mol. The molecular weight excluding hydrogens is 527 g/mol. The van der Waals surface area contributed by atoms with Crippen molar-refractivity contribution in [3.63, 3.8) is 0 Å². The number of thiazole rings is 1. The molecule has 4 heterocycles. The van der Waals surface area contributed by atoms with Gasteiger partial charge in [-0.1, -0.05) is 28.8 Å². The first-order chi connectivity index (χ1) is 16.7. The van der Waals surface area contributed by atoms with Gasteiger partial charge in [-0.3, -0.25) is 4.98 Å². The van der Waals surface area contributed by atoms with Gasteiger partial charge >= 0.3 is 16.9 Å². The summed E-state index contributed by atoms with van der Waals surface area (Å²) in [7, 11) is 0. The minimum absolute atomic E-state index is 0.0238. The smallest absolute Gasteiger partial charge is 0.477 e. The number of alkyl halides is 3. The third-order valence-electron chi connectivity index (χ3n) is 4.78. The summed E-state index contributed by atoms with van der Waals surface area (Å²) in [4.78, 5) is 22.5. The first-order valence-electron chi connectivity index (χ1n) is 9.75. The Bertz CT molecular complexity index is 1600. The molecule has 0 bridgehead atoms. The summed E-state index contributed by atoms with van der Waals surface area (Å²) >= 11 is 8.27. The van der Waals surface area contributed by atoms with Gasteiger partial charge in [-0.15, -0.1) is 24.5 Å². The number of hydrogen-bond donors (Lipinski definition) is 1. The van der Waals surface area contributed by atoms with Crippen LogP contribution in [0.3, 0.4) is 0 Å². The normalized spacial score (nSPS) is 11.8. The summed E-state index contributed by atoms with van der Waals surface area (Å²) in [6.07, 6.45) is -0.217. The SMILES string of the molecule is O=c1c(-c2cccc(OC(F)(F)F)c2)c(O)[n+](Cc2cnc(Cl)s2)c2sc(-c3cccnc3)nn12. The largest absolute Gasteiger partial charge is 0.573 e. The van der Waals surface area contributed by atoms with Gasteiger partial charge in [0.2, 0.25) is 0 Å². The highest BCUT2D eigenvalue weighted by Crippen LogP contribution is 2.32. The molecule has 0 spiro atoms. The number of fused-ring (bicyclic) bond motifs is 1. The van der Waals surface area contributed by atoms with Crippen molar-refractivity contribution in [1.29, 1.82) is 0 Å². The minimum Gasteiger partial charge on any atom is -0.477 e. The molecule has 5 aromatic rings. The maximum Gasteiger partial charge on any atom is 0.573 e. The molecule has 35 heavy (non-hydrogen) atoms. The summed E-state index contributed by atoms with van der Waals surface area (Å²) in [5.41, 5.74) is -0.286. The number of halogens is 4. The average Bonchev–Trinajstić information content (AvgIpc) is 3.43. The zero-order valence-corrected chi connectivity index (χ0v) is 19.6. The zero-order valence-electron chi connectivity index (χ0n) is 17.2. The van der Waals surface area contributed by atoms with Crippen molar-refractivity contribution in [2.75, 3.05) is 0 Å². The molecule has 14 heteroatoms. The first-order valence-corrected chi connectivity index (χ1v) is 11.8. The van der Waals surface area contributed by atoms with E-state index in [9.17, 15) is 23.1 Å². The third kappa shape index (κ3) is 4.70. The summed E-state index contributed by atoms with van der Waals surface area (Å²) in [5.74, 6) is -0.987. The van der Waals surface area contributed by atoms with E-state index in [1.54, 1.807) is 24.5 Å². The Morgan fingerprint density at radius 2 is 1.94 bits per heavy atom. The van der Waals surface area contributed by atoms with Gasteiger partial charge in [0, 0.05) is 29.7 Å². The molecule has 4 aromatic heterocycles. The van der Waals surface area contributed by atoms with Gasteiger partial charge < -0.3 is 9.84 Å². The van der Waals surface area contributed by atoms with Crippen LogP contribution >= 0.6 is 34.3 Å². The van der Waals surface area contributed by atoms with Crippen LogP contribution in [0.15, 0.2) is 59.8 Å². The molecule has 0 unspecified atom stereocenters. The number of hydrogen-bond acceptors (Lipinski definition) is 8. The lowest BCUT2D eigenvalue weighted by Crippen LogP contribution is -2.40. The van der Waals surface area contributed by atoms with Crippen LogP contribution < -0.4 is 14.9 Å². The number of aromatic nitrogens is 5. The van der Waals surface area contributed by atoms with Crippen molar-refractivity contribution >= 4 is 39.2 Å². The fourth-order valence-corrected chi connectivity index (χ4v) is 5.35. The lowest BCUT2D eigenvalue weighted by atomic mass is 10.1. The molecule has 0 saturated carbocycles. The highest BCUT2D eigenvalue weighted by atomic mass is 35.5. The molecule has 0 amide bonds. The third-order valence-corrected chi connectivity index (χ3v) is 6.97. The van der Waals surface area contributed by atoms with E-state index in [0.29, 0.717) is 24.9 Å². The van der Waals surface area contributed by atoms with Crippen molar-refractivity contribution in [3.8, 4) is 33.3 Å². The molecule has 0 saturated heterocycles. The maximum atomic E-state index is 13.4. The molecule has 0 aliphatic carbocycles. The molecule has 0 fully saturated rings. The Balaban J connectivity index is 1.74. The Hall–Kier alpha value is -3.55. The Labute approximate surface area is 207 Å². The van der Waals surface area contributed by atoms with Gasteiger partial charge in [0.25, 0.3) is 5.88 Å². The predicted octanol–water partition coefficient (Wildman–Crippen LogP) is 4.53. The lowest BCUT2D eigenvalue weighted by Gasteiger charge is -2.10. The van der Waals surface area contributed by atoms with E-state index in [1.807, 2.05) is 0 Å². The molecule has 0 aliphatic rings. The van der Waals surface area contributed by atoms with Gasteiger partial charge in [-0.25, -0.2) is 9.78 Å². The molecule has 1 aromatic carbocycles. The highest BCUT2D eigenvalue weighted by molar-refractivity contribution is 7.19. The Kier molecular flexibility index (Phi) is 5.91. The zero-order chi connectivity index (χ0) is 24.7. The summed E-state index contributed by atoms with van der Waals surface area (Å²) in [6.45, 7) is 0.0837. The van der Waals surface area contributed by atoms with Gasteiger partial charge in [0.1, 0.15) is 12.3 Å². The number of nitrogens with zero attached hydrogens (tertiary/aromatic N) is 5. The molecule has 178 valence electrons. The molecule has 5 rings (SSSR count). The van der Waals surface area contributed by atoms with Crippen LogP contribution in [0.5, 0.6) is 11.6 Å². The second-order valence-corrected chi connectivity index (χ2v) is 9.74. The number of rotatable bonds is 5. The summed E-state index contributed by atoms with van der Waals surface area (Å²) < 4.78 is 45.0. The summed E-state index contributed by atoms with van der Waals surface area (Å²) in [5, 5.41) is 16.1. The van der Waals surface area contributed by atoms with Gasteiger partial charge in [-0.05, 0) is 40.1 Å². The van der Waals surface area contributed by atoms with E-state index in [4.69, 9.17) is 11.6 Å². The fourth-order valence-electron chi connectivity index (χ4n) is 3.37. The molecule has 0 aliphatic heterocycles. The average molecular weight is 539 g/mol. The summed E-state index contributed by atoms with van der Waals surface area (Å²) in [6, 6.07) is 8.29. The van der Waals surface area contributed by atoms with E-state index in [1.165, 1.54) is 34.2 Å². The Morgan fingerprint density at radius 1 is 1.14 bits per heavy atom. The second-order valence-electron chi connectivity index (χ2n) is 7.09. The van der Waals surface area contributed by atoms with Crippen LogP contribution in [0.2, 0.25) is 4.47 Å². The van der Waals surface area contributed by atoms with Gasteiger partial charge in [0.05, 0.1) is 4.88 Å². The second kappa shape index (κ2) is 8.91. The van der Waals surface area contributed by atoms with Crippen molar-refractivity contribution in [3.05, 3.63) is 74.7 Å². The molecule has 0 atom stereocenters. The topological polar surface area (TPSA) is 93.5 Å². The van der Waals surface area contributed by atoms with E-state index >= 15 is 0 Å². The highest BCUT2D eigenvalue weighted by Gasteiger charge is 2.33. The van der Waals surface area contributed by atoms with Crippen LogP contribution in [0.4, 0.5) is 13.2 Å². The molecule has 8 nitrogen and oxygen atoms in total. The Morgan fingerprint density at radius 3 is 2.63 bits per heavy atom. The van der Waals surface area contributed by atoms with Gasteiger partial charge in [0.15, 0.2) is 15.0 Å². The van der Waals surface area contributed by atoms with Crippen LogP contribution in [0.1, 0.15) is 4.88 Å². The van der Waals surface area contributed by atoms with Crippen molar-refractivity contribution < 1.29 is 27.6 Å². The van der Waals surface area contributed by atoms with Crippen molar-refractivity contribution in [2.24, 2.45) is 0 Å². The standard InChI is InChI=1S/C21H11ClF3N5O3S2/c22-19-27-9-14(34-19)10-29-17(31)15(11-3-1-5-13(7-11)33-21(23,24)25)18(32)30-20(29)35-16(28-30)12-4-2-6-26-8-12/h1-9H,10H2/p+1. The van der Waals surface area contributed by atoms with Crippen molar-refractivity contribution in [1.82, 2.24) is 19.6 Å². The minimum atomic E-state index is -4.92. The van der Waals surface area contributed by atoms with Crippen LogP contribution in [0, 0.1) is 0 Å². The maximum absolute atomic E-state index is 13.4. The van der Waals surface area contributed by atoms with E-state index in [0.717, 1.165) is 28.0 Å². The van der Waals surface area contributed by atoms with Crippen LogP contribution in [0.25, 0.3) is 26.7 Å². The quantitative estimate of drug-likeness (QED) is 0.330. The number of benzene rings is 1. The van der Waals surface area contributed by atoms with Crippen LogP contribution in [-0.2, 0) is 6.54 Å². The lowest BCUT2D eigenvalue weighted by molar-refractivity contribution is -0.669. The first kappa shape index (κ1) is 23.2. The van der Waals surface area contributed by atoms with E-state index < -0.39 is 23.6 Å². The van der Waals surface area contributed by atoms with Crippen LogP contribution in [-0.4, -0.2) is 31.1 Å². The van der Waals surface area contributed by atoms with E-state index in [-0.39, 0.29) is 17.7 Å². The monoisotopic (exact) mass is 538 g/mol. The number of ether oxygens (including phenoxy) is 1. The molecule has 1 N–H and O–H groups in total. The number of aromatic hydroxyl groups is 1. The number of pyridine rings is 1. The molecule has 0 radical (unpaired) electrons. The van der Waals surface area contributed by atoms with E-state index in [2.05, 4.69) is 19.8 Å². The van der Waals surface area contributed by atoms with Crippen molar-refractivity contribution in [2.45, 2.75) is 12.9 Å². The fraction of sp³-hybridized carbons (Fsp3) is 0.0952. The van der Waals surface area contributed by atoms with Gasteiger partial charge in [-0.2, -0.15) is 4.57 Å².